The van der Waals surface area contributed by atoms with E-state index in [1.54, 1.807) is 0 Å². The molecule has 0 fully saturated rings. The predicted octanol–water partition coefficient (Wildman–Crippen LogP) is 1.87. The molecule has 74 valence electrons. The van der Waals surface area contributed by atoms with E-state index in [4.69, 9.17) is 9.94 Å². The van der Waals surface area contributed by atoms with Crippen molar-refractivity contribution in [2.24, 2.45) is 5.16 Å². The van der Waals surface area contributed by atoms with Crippen LogP contribution in [0.4, 0.5) is 0 Å². The first-order valence-electron chi connectivity index (χ1n) is 4.56. The molecule has 3 nitrogen and oxygen atoms in total. The van der Waals surface area contributed by atoms with Gasteiger partial charge in [0, 0.05) is 19.4 Å². The predicted molar refractivity (Wildman–Crippen MR) is 52.7 cm³/mol. The highest BCUT2D eigenvalue weighted by molar-refractivity contribution is 5.96. The van der Waals surface area contributed by atoms with E-state index in [1.807, 2.05) is 26.8 Å². The summed E-state index contributed by atoms with van der Waals surface area (Å²) in [5, 5.41) is 12.8. The minimum absolute atomic E-state index is 0.147. The van der Waals surface area contributed by atoms with Gasteiger partial charge in [0.05, 0.1) is 5.71 Å². The van der Waals surface area contributed by atoms with Crippen LogP contribution >= 0.6 is 0 Å². The summed E-state index contributed by atoms with van der Waals surface area (Å²) < 4.78 is 0. The van der Waals surface area contributed by atoms with Crippen molar-refractivity contribution in [3.63, 3.8) is 0 Å². The molecule has 0 radical (unpaired) electrons. The van der Waals surface area contributed by atoms with Crippen molar-refractivity contribution in [2.75, 3.05) is 6.61 Å². The summed E-state index contributed by atoms with van der Waals surface area (Å²) >= 11 is 0. The van der Waals surface area contributed by atoms with E-state index < -0.39 is 0 Å². The fourth-order valence-electron chi connectivity index (χ4n) is 1.40. The van der Waals surface area contributed by atoms with Crippen molar-refractivity contribution in [2.45, 2.75) is 39.2 Å². The monoisotopic (exact) mass is 183 g/mol. The lowest BCUT2D eigenvalue weighted by Gasteiger charge is -2.19. The van der Waals surface area contributed by atoms with Gasteiger partial charge in [-0.2, -0.15) is 0 Å². The van der Waals surface area contributed by atoms with Gasteiger partial charge in [0.15, 0.2) is 0 Å². The van der Waals surface area contributed by atoms with Gasteiger partial charge in [0.1, 0.15) is 5.60 Å². The number of aliphatic hydroxyl groups excluding tert-OH is 1. The highest BCUT2D eigenvalue weighted by Gasteiger charge is 2.32. The topological polar surface area (TPSA) is 41.8 Å². The highest BCUT2D eigenvalue weighted by Crippen LogP contribution is 2.27. The quantitative estimate of drug-likeness (QED) is 0.725. The molecule has 0 saturated heterocycles. The molecule has 0 saturated carbocycles. The van der Waals surface area contributed by atoms with Crippen molar-refractivity contribution < 1.29 is 9.94 Å². The van der Waals surface area contributed by atoms with Crippen molar-refractivity contribution in [3.8, 4) is 0 Å². The Labute approximate surface area is 79.1 Å². The molecule has 0 aromatic heterocycles. The highest BCUT2D eigenvalue weighted by atomic mass is 16.7. The maximum absolute atomic E-state index is 8.81. The van der Waals surface area contributed by atoms with E-state index >= 15 is 0 Å². The molecule has 3 heteroatoms. The van der Waals surface area contributed by atoms with E-state index in [-0.39, 0.29) is 12.2 Å². The molecule has 1 unspecified atom stereocenters. The standard InChI is InChI=1S/C10H17NO2/c1-8(2)6-9-7-10(3,4-5-12)13-11-9/h6,12H,4-5,7H2,1-3H3. The molecule has 1 aliphatic heterocycles. The number of hydrogen-bond donors (Lipinski definition) is 1. The molecule has 0 spiro atoms. The molecule has 0 aromatic rings. The molecule has 0 aromatic carbocycles. The number of aliphatic hydroxyl groups is 1. The Morgan fingerprint density at radius 3 is 2.92 bits per heavy atom. The molecule has 0 aliphatic carbocycles. The van der Waals surface area contributed by atoms with Gasteiger partial charge in [0.2, 0.25) is 0 Å². The second kappa shape index (κ2) is 3.92. The summed E-state index contributed by atoms with van der Waals surface area (Å²) in [5.41, 5.74) is 1.89. The maximum atomic E-state index is 8.81. The molecular weight excluding hydrogens is 166 g/mol. The van der Waals surface area contributed by atoms with E-state index in [9.17, 15) is 0 Å². The molecule has 0 amide bonds. The van der Waals surface area contributed by atoms with E-state index in [2.05, 4.69) is 5.16 Å². The van der Waals surface area contributed by atoms with Crippen molar-refractivity contribution in [3.05, 3.63) is 11.6 Å². The first-order valence-corrected chi connectivity index (χ1v) is 4.56. The fourth-order valence-corrected chi connectivity index (χ4v) is 1.40. The average molecular weight is 183 g/mol. The molecule has 1 N–H and O–H groups in total. The maximum Gasteiger partial charge on any atom is 0.142 e. The second-order valence-electron chi connectivity index (χ2n) is 4.00. The first kappa shape index (κ1) is 10.3. The second-order valence-corrected chi connectivity index (χ2v) is 4.00. The van der Waals surface area contributed by atoms with E-state index in [1.165, 1.54) is 5.57 Å². The van der Waals surface area contributed by atoms with Crippen LogP contribution in [0.3, 0.4) is 0 Å². The third-order valence-electron chi connectivity index (χ3n) is 2.03. The number of oxime groups is 1. The minimum Gasteiger partial charge on any atom is -0.396 e. The summed E-state index contributed by atoms with van der Waals surface area (Å²) in [6.45, 7) is 6.18. The molecule has 1 heterocycles. The third kappa shape index (κ3) is 2.84. The lowest BCUT2D eigenvalue weighted by molar-refractivity contribution is -0.0202. The first-order chi connectivity index (χ1) is 6.06. The Bertz CT molecular complexity index is 241. The van der Waals surface area contributed by atoms with Crippen LogP contribution in [0, 0.1) is 0 Å². The zero-order chi connectivity index (χ0) is 9.90. The van der Waals surface area contributed by atoms with Gasteiger partial charge in [-0.15, -0.1) is 0 Å². The number of hydrogen-bond acceptors (Lipinski definition) is 3. The van der Waals surface area contributed by atoms with Crippen LogP contribution in [-0.2, 0) is 4.84 Å². The van der Waals surface area contributed by atoms with Crippen molar-refractivity contribution >= 4 is 5.71 Å². The van der Waals surface area contributed by atoms with Crippen LogP contribution in [-0.4, -0.2) is 23.0 Å². The Kier molecular flexibility index (Phi) is 3.09. The van der Waals surface area contributed by atoms with Crippen LogP contribution in [0.2, 0.25) is 0 Å². The van der Waals surface area contributed by atoms with Crippen molar-refractivity contribution in [1.29, 1.82) is 0 Å². The fraction of sp³-hybridized carbons (Fsp3) is 0.700. The summed E-state index contributed by atoms with van der Waals surface area (Å²) in [4.78, 5) is 5.28. The SMILES string of the molecule is CC(C)=CC1=NOC(C)(CCO)C1. The Morgan fingerprint density at radius 1 is 1.69 bits per heavy atom. The van der Waals surface area contributed by atoms with Gasteiger partial charge in [-0.3, -0.25) is 0 Å². The van der Waals surface area contributed by atoms with E-state index in [0.717, 1.165) is 12.1 Å². The summed E-state index contributed by atoms with van der Waals surface area (Å²) in [6, 6.07) is 0. The number of rotatable bonds is 3. The van der Waals surface area contributed by atoms with Crippen LogP contribution in [0.15, 0.2) is 16.8 Å². The zero-order valence-electron chi connectivity index (χ0n) is 8.50. The average Bonchev–Trinajstić information content (AvgIpc) is 2.31. The Morgan fingerprint density at radius 2 is 2.38 bits per heavy atom. The number of allylic oxidation sites excluding steroid dienone is 2. The molecular formula is C10H17NO2. The summed E-state index contributed by atoms with van der Waals surface area (Å²) in [7, 11) is 0. The Balaban J connectivity index is 2.55. The van der Waals surface area contributed by atoms with Gasteiger partial charge in [-0.1, -0.05) is 10.7 Å². The van der Waals surface area contributed by atoms with Gasteiger partial charge in [-0.05, 0) is 26.8 Å². The van der Waals surface area contributed by atoms with Gasteiger partial charge in [0.25, 0.3) is 0 Å². The van der Waals surface area contributed by atoms with Crippen LogP contribution in [0.25, 0.3) is 0 Å². The van der Waals surface area contributed by atoms with Gasteiger partial charge in [-0.25, -0.2) is 0 Å². The molecule has 1 atom stereocenters. The van der Waals surface area contributed by atoms with E-state index in [0.29, 0.717) is 6.42 Å². The molecule has 1 rings (SSSR count). The molecule has 1 aliphatic rings. The number of nitrogens with zero attached hydrogens (tertiary/aromatic N) is 1. The van der Waals surface area contributed by atoms with Crippen LogP contribution < -0.4 is 0 Å². The normalized spacial score (nSPS) is 26.6. The van der Waals surface area contributed by atoms with Crippen LogP contribution in [0.5, 0.6) is 0 Å². The largest absolute Gasteiger partial charge is 0.396 e. The Hall–Kier alpha value is -0.830. The summed E-state index contributed by atoms with van der Waals surface area (Å²) in [6.07, 6.45) is 3.44. The minimum atomic E-state index is -0.296. The van der Waals surface area contributed by atoms with Gasteiger partial charge < -0.3 is 9.94 Å². The van der Waals surface area contributed by atoms with Crippen LogP contribution in [0.1, 0.15) is 33.6 Å². The molecule has 0 bridgehead atoms. The lowest BCUT2D eigenvalue weighted by Crippen LogP contribution is -2.25. The van der Waals surface area contributed by atoms with Gasteiger partial charge >= 0.3 is 0 Å². The molecule has 13 heavy (non-hydrogen) atoms. The summed E-state index contributed by atoms with van der Waals surface area (Å²) in [5.74, 6) is 0. The zero-order valence-corrected chi connectivity index (χ0v) is 8.50. The van der Waals surface area contributed by atoms with Crippen molar-refractivity contribution in [1.82, 2.24) is 0 Å². The smallest absolute Gasteiger partial charge is 0.142 e. The lowest BCUT2D eigenvalue weighted by atomic mass is 9.96. The third-order valence-corrected chi connectivity index (χ3v) is 2.03.